The maximum Gasteiger partial charge on any atom is 0.243 e. The number of rotatable bonds is 10. The molecule has 0 fully saturated rings. The summed E-state index contributed by atoms with van der Waals surface area (Å²) in [7, 11) is 0. The summed E-state index contributed by atoms with van der Waals surface area (Å²) in [5.74, 6) is -0.455. The van der Waals surface area contributed by atoms with Gasteiger partial charge in [-0.1, -0.05) is 90.3 Å². The maximum atomic E-state index is 13.8. The van der Waals surface area contributed by atoms with Crippen LogP contribution in [0.3, 0.4) is 0 Å². The van der Waals surface area contributed by atoms with Gasteiger partial charge in [0.1, 0.15) is 6.04 Å². The summed E-state index contributed by atoms with van der Waals surface area (Å²) >= 11 is 19.0. The molecule has 4 nitrogen and oxygen atoms in total. The van der Waals surface area contributed by atoms with Crippen molar-refractivity contribution in [1.29, 1.82) is 0 Å². The van der Waals surface area contributed by atoms with Crippen LogP contribution in [0.4, 0.5) is 0 Å². The van der Waals surface area contributed by atoms with E-state index < -0.39 is 6.04 Å². The molecule has 0 aromatic heterocycles. The topological polar surface area (TPSA) is 49.4 Å². The van der Waals surface area contributed by atoms with E-state index in [1.807, 2.05) is 56.3 Å². The predicted octanol–water partition coefficient (Wildman–Crippen LogP) is 6.74. The molecule has 0 saturated heterocycles. The minimum absolute atomic E-state index is 0.0260. The van der Waals surface area contributed by atoms with E-state index in [2.05, 4.69) is 5.32 Å². The number of hydrogen-bond acceptors (Lipinski definition) is 2. The SMILES string of the molecule is CC[C@H](C)NC(=O)[C@@H](Cc1ccccc1)N(Cc1cccc(Cl)c1)C(=O)Cc1c(Cl)cccc1Cl. The van der Waals surface area contributed by atoms with Crippen LogP contribution in [0.2, 0.25) is 15.1 Å². The lowest BCUT2D eigenvalue weighted by atomic mass is 10.0. The van der Waals surface area contributed by atoms with Gasteiger partial charge in [0.2, 0.25) is 11.8 Å². The zero-order chi connectivity index (χ0) is 25.4. The Bertz CT molecular complexity index is 1130. The molecule has 7 heteroatoms. The quantitative estimate of drug-likeness (QED) is 0.315. The minimum Gasteiger partial charge on any atom is -0.352 e. The van der Waals surface area contributed by atoms with Crippen LogP contribution in [0.15, 0.2) is 72.8 Å². The number of carbonyl (C=O) groups is 2. The van der Waals surface area contributed by atoms with Gasteiger partial charge in [0.25, 0.3) is 0 Å². The van der Waals surface area contributed by atoms with Gasteiger partial charge in [-0.05, 0) is 54.3 Å². The fraction of sp³-hybridized carbons (Fsp3) is 0.286. The van der Waals surface area contributed by atoms with E-state index in [-0.39, 0.29) is 30.8 Å². The smallest absolute Gasteiger partial charge is 0.243 e. The van der Waals surface area contributed by atoms with Gasteiger partial charge in [-0.25, -0.2) is 0 Å². The zero-order valence-electron chi connectivity index (χ0n) is 19.8. The Hall–Kier alpha value is -2.53. The Balaban J connectivity index is 2.01. The second-order valence-electron chi connectivity index (χ2n) is 8.55. The molecule has 0 aliphatic rings. The van der Waals surface area contributed by atoms with E-state index in [4.69, 9.17) is 34.8 Å². The standard InChI is InChI=1S/C28H29Cl3N2O2/c1-3-19(2)32-28(35)26(16-20-9-5-4-6-10-20)33(18-21-11-7-12-22(29)15-21)27(34)17-23-24(30)13-8-14-25(23)31/h4-15,19,26H,3,16-18H2,1-2H3,(H,32,35)/t19-,26+/m0/s1. The maximum absolute atomic E-state index is 13.8. The monoisotopic (exact) mass is 530 g/mol. The van der Waals surface area contributed by atoms with Crippen molar-refractivity contribution >= 4 is 46.6 Å². The number of nitrogens with zero attached hydrogens (tertiary/aromatic N) is 1. The molecular formula is C28H29Cl3N2O2. The minimum atomic E-state index is -0.737. The fourth-order valence-corrected chi connectivity index (χ4v) is 4.53. The van der Waals surface area contributed by atoms with Crippen LogP contribution in [0, 0.1) is 0 Å². The van der Waals surface area contributed by atoms with E-state index in [9.17, 15) is 9.59 Å². The van der Waals surface area contributed by atoms with Crippen molar-refractivity contribution in [3.05, 3.63) is 105 Å². The molecule has 3 rings (SSSR count). The number of hydrogen-bond donors (Lipinski definition) is 1. The normalized spacial score (nSPS) is 12.6. The van der Waals surface area contributed by atoms with Crippen molar-refractivity contribution < 1.29 is 9.59 Å². The molecule has 1 N–H and O–H groups in total. The van der Waals surface area contributed by atoms with Crippen LogP contribution in [0.5, 0.6) is 0 Å². The van der Waals surface area contributed by atoms with Crippen LogP contribution in [0.1, 0.15) is 37.0 Å². The van der Waals surface area contributed by atoms with Gasteiger partial charge in [0, 0.05) is 34.1 Å². The fourth-order valence-electron chi connectivity index (χ4n) is 3.78. The molecule has 35 heavy (non-hydrogen) atoms. The highest BCUT2D eigenvalue weighted by molar-refractivity contribution is 6.36. The number of nitrogens with one attached hydrogen (secondary N) is 1. The Kier molecular flexibility index (Phi) is 10.0. The van der Waals surface area contributed by atoms with E-state index >= 15 is 0 Å². The number of amides is 2. The third kappa shape index (κ3) is 7.73. The second kappa shape index (κ2) is 13.0. The first kappa shape index (κ1) is 27.1. The summed E-state index contributed by atoms with van der Waals surface area (Å²) in [6, 6.07) is 21.4. The summed E-state index contributed by atoms with van der Waals surface area (Å²) in [6.45, 7) is 4.17. The Morgan fingerprint density at radius 3 is 2.14 bits per heavy atom. The number of benzene rings is 3. The Morgan fingerprint density at radius 1 is 0.886 bits per heavy atom. The van der Waals surface area contributed by atoms with Gasteiger partial charge in [0.15, 0.2) is 0 Å². The van der Waals surface area contributed by atoms with Crippen LogP contribution in [-0.2, 0) is 29.0 Å². The lowest BCUT2D eigenvalue weighted by Gasteiger charge is -2.32. The molecular weight excluding hydrogens is 503 g/mol. The van der Waals surface area contributed by atoms with Crippen LogP contribution < -0.4 is 5.32 Å². The summed E-state index contributed by atoms with van der Waals surface area (Å²) in [6.07, 6.45) is 1.12. The third-order valence-electron chi connectivity index (χ3n) is 5.90. The van der Waals surface area contributed by atoms with Gasteiger partial charge >= 0.3 is 0 Å². The molecule has 0 spiro atoms. The molecule has 3 aromatic rings. The van der Waals surface area contributed by atoms with Crippen LogP contribution >= 0.6 is 34.8 Å². The van der Waals surface area contributed by atoms with Crippen molar-refractivity contribution in [2.75, 3.05) is 0 Å². The number of halogens is 3. The molecule has 0 heterocycles. The molecule has 0 aliphatic carbocycles. The molecule has 0 unspecified atom stereocenters. The zero-order valence-corrected chi connectivity index (χ0v) is 22.1. The van der Waals surface area contributed by atoms with Crippen molar-refractivity contribution in [3.8, 4) is 0 Å². The van der Waals surface area contributed by atoms with Crippen molar-refractivity contribution in [3.63, 3.8) is 0 Å². The summed E-state index contributed by atoms with van der Waals surface area (Å²) in [4.78, 5) is 28.9. The predicted molar refractivity (Wildman–Crippen MR) is 144 cm³/mol. The first-order chi connectivity index (χ1) is 16.8. The molecule has 0 radical (unpaired) electrons. The van der Waals surface area contributed by atoms with E-state index in [0.717, 1.165) is 17.5 Å². The molecule has 0 aliphatic heterocycles. The highest BCUT2D eigenvalue weighted by Gasteiger charge is 2.31. The summed E-state index contributed by atoms with van der Waals surface area (Å²) < 4.78 is 0. The van der Waals surface area contributed by atoms with Gasteiger partial charge < -0.3 is 10.2 Å². The molecule has 2 atom stereocenters. The molecule has 3 aromatic carbocycles. The van der Waals surface area contributed by atoms with E-state index in [1.54, 1.807) is 35.2 Å². The van der Waals surface area contributed by atoms with Gasteiger partial charge in [-0.15, -0.1) is 0 Å². The molecule has 2 amide bonds. The van der Waals surface area contributed by atoms with Crippen LogP contribution in [-0.4, -0.2) is 28.8 Å². The highest BCUT2D eigenvalue weighted by Crippen LogP contribution is 2.26. The van der Waals surface area contributed by atoms with Crippen molar-refractivity contribution in [2.24, 2.45) is 0 Å². The van der Waals surface area contributed by atoms with Gasteiger partial charge in [-0.2, -0.15) is 0 Å². The van der Waals surface area contributed by atoms with Crippen LogP contribution in [0.25, 0.3) is 0 Å². The third-order valence-corrected chi connectivity index (χ3v) is 6.85. The highest BCUT2D eigenvalue weighted by atomic mass is 35.5. The van der Waals surface area contributed by atoms with Crippen molar-refractivity contribution in [2.45, 2.75) is 51.7 Å². The average Bonchev–Trinajstić information content (AvgIpc) is 2.84. The molecule has 0 saturated carbocycles. The van der Waals surface area contributed by atoms with Gasteiger partial charge in [0.05, 0.1) is 6.42 Å². The average molecular weight is 532 g/mol. The number of carbonyl (C=O) groups excluding carboxylic acids is 2. The van der Waals surface area contributed by atoms with E-state index in [0.29, 0.717) is 27.1 Å². The Labute approximate surface area is 222 Å². The molecule has 184 valence electrons. The first-order valence-corrected chi connectivity index (χ1v) is 12.7. The lowest BCUT2D eigenvalue weighted by Crippen LogP contribution is -2.52. The van der Waals surface area contributed by atoms with E-state index in [1.165, 1.54) is 0 Å². The largest absolute Gasteiger partial charge is 0.352 e. The second-order valence-corrected chi connectivity index (χ2v) is 9.80. The summed E-state index contributed by atoms with van der Waals surface area (Å²) in [5, 5.41) is 4.45. The summed E-state index contributed by atoms with van der Waals surface area (Å²) in [5.41, 5.74) is 2.32. The Morgan fingerprint density at radius 2 is 1.51 bits per heavy atom. The lowest BCUT2D eigenvalue weighted by molar-refractivity contribution is -0.141. The van der Waals surface area contributed by atoms with Crippen molar-refractivity contribution in [1.82, 2.24) is 10.2 Å². The van der Waals surface area contributed by atoms with Gasteiger partial charge in [-0.3, -0.25) is 9.59 Å². The first-order valence-electron chi connectivity index (χ1n) is 11.6. The molecule has 0 bridgehead atoms.